The molecule has 284 valence electrons. The summed E-state index contributed by atoms with van der Waals surface area (Å²) in [6, 6.07) is 0. The van der Waals surface area contributed by atoms with Gasteiger partial charge in [0.15, 0.2) is 28.9 Å². The molecule has 0 spiro atoms. The van der Waals surface area contributed by atoms with Gasteiger partial charge in [-0.15, -0.1) is 0 Å². The van der Waals surface area contributed by atoms with Crippen molar-refractivity contribution >= 4 is 49.7 Å². The predicted octanol–water partition coefficient (Wildman–Crippen LogP) is -1.84. The van der Waals surface area contributed by atoms with Crippen LogP contribution in [-0.4, -0.2) is 127 Å². The SMILES string of the molecule is Nc1nc2c(ncn2[C@H]2C[C@H](OP(=O)(O)OC[C@H]3OC(O)C[C@@H]3OP(=O)(O)OC[C@H]3O[C@@H](n4cnc5c(N)ncnc54)C[C@@H]3O)[C@@H](CO)O2)c(=O)[nH]1. The third-order valence-electron chi connectivity index (χ3n) is 8.54. The first-order valence-corrected chi connectivity index (χ1v) is 18.6. The van der Waals surface area contributed by atoms with Crippen molar-refractivity contribution in [2.24, 2.45) is 0 Å². The maximum atomic E-state index is 13.0. The van der Waals surface area contributed by atoms with Crippen LogP contribution in [0, 0.1) is 0 Å². The molecule has 11 atom stereocenters. The van der Waals surface area contributed by atoms with Crippen molar-refractivity contribution < 1.29 is 66.5 Å². The summed E-state index contributed by atoms with van der Waals surface area (Å²) in [6.07, 6.45) is -6.91. The lowest BCUT2D eigenvalue weighted by atomic mass is 10.2. The molecule has 3 saturated heterocycles. The van der Waals surface area contributed by atoms with Gasteiger partial charge in [-0.25, -0.2) is 29.1 Å². The number of hydrogen-bond acceptors (Lipinski definition) is 20. The lowest BCUT2D eigenvalue weighted by Crippen LogP contribution is -2.31. The molecule has 0 saturated carbocycles. The van der Waals surface area contributed by atoms with Gasteiger partial charge in [0.25, 0.3) is 5.56 Å². The van der Waals surface area contributed by atoms with E-state index in [2.05, 4.69) is 29.9 Å². The van der Waals surface area contributed by atoms with Crippen molar-refractivity contribution in [1.29, 1.82) is 0 Å². The number of aliphatic hydroxyl groups excluding tert-OH is 3. The van der Waals surface area contributed by atoms with Gasteiger partial charge in [0.05, 0.1) is 38.6 Å². The van der Waals surface area contributed by atoms with Crippen molar-refractivity contribution in [1.82, 2.24) is 39.0 Å². The maximum Gasteiger partial charge on any atom is 0.472 e. The zero-order valence-corrected chi connectivity index (χ0v) is 28.5. The lowest BCUT2D eigenvalue weighted by molar-refractivity contribution is -0.108. The van der Waals surface area contributed by atoms with Crippen molar-refractivity contribution in [3.8, 4) is 0 Å². The monoisotopic (exact) mass is 776 g/mol. The highest BCUT2D eigenvalue weighted by Gasteiger charge is 2.45. The number of nitrogen functional groups attached to an aromatic ring is 2. The molecular formula is C25H34N10O15P2. The molecule has 3 aliphatic heterocycles. The van der Waals surface area contributed by atoms with E-state index in [0.717, 1.165) is 0 Å². The standard InChI is InChI=1S/C25H34N10O15P2/c26-21-19-22(29-7-28-21)34(8-30-19)16-1-10(37)14(47-16)5-44-51(40,41)50-12-3-18(38)48-15(12)6-45-52(42,43)49-11-2-17(46-13(11)4-36)35-9-31-20-23(35)32-25(27)33-24(20)39/h7-18,36-38H,1-6H2,(H,40,41)(H,42,43)(H2,26,28,29)(H3,27,32,33,39)/t10-,11-,12-,13+,14+,15+,16+,17+,18?/m0/s1. The quantitative estimate of drug-likeness (QED) is 0.0692. The molecule has 7 heterocycles. The molecule has 0 radical (unpaired) electrons. The first kappa shape index (κ1) is 36.8. The molecule has 10 N–H and O–H groups in total. The van der Waals surface area contributed by atoms with Gasteiger partial charge in [0.1, 0.15) is 54.8 Å². The molecule has 3 fully saturated rings. The van der Waals surface area contributed by atoms with E-state index in [1.807, 2.05) is 0 Å². The summed E-state index contributed by atoms with van der Waals surface area (Å²) < 4.78 is 66.3. The van der Waals surface area contributed by atoms with Crippen LogP contribution in [0.5, 0.6) is 0 Å². The first-order valence-electron chi connectivity index (χ1n) is 15.6. The molecule has 3 unspecified atom stereocenters. The van der Waals surface area contributed by atoms with Gasteiger partial charge in [0.2, 0.25) is 5.95 Å². The number of phosphoric ester groups is 2. The summed E-state index contributed by atoms with van der Waals surface area (Å²) in [7, 11) is -9.85. The Morgan fingerprint density at radius 2 is 1.44 bits per heavy atom. The van der Waals surface area contributed by atoms with E-state index in [4.69, 9.17) is 43.8 Å². The molecule has 0 amide bonds. The molecule has 0 aliphatic carbocycles. The molecule has 4 aromatic rings. The summed E-state index contributed by atoms with van der Waals surface area (Å²) in [6.45, 7) is -1.97. The normalized spacial score (nSPS) is 31.8. The molecule has 7 rings (SSSR count). The summed E-state index contributed by atoms with van der Waals surface area (Å²) in [5, 5.41) is 30.5. The number of ether oxygens (including phenoxy) is 3. The number of aromatic nitrogens is 8. The van der Waals surface area contributed by atoms with E-state index in [0.29, 0.717) is 11.2 Å². The zero-order chi connectivity index (χ0) is 36.9. The number of phosphoric acid groups is 2. The minimum Gasteiger partial charge on any atom is -0.394 e. The van der Waals surface area contributed by atoms with E-state index in [-0.39, 0.29) is 42.2 Å². The zero-order valence-electron chi connectivity index (χ0n) is 26.7. The Bertz CT molecular complexity index is 2080. The highest BCUT2D eigenvalue weighted by molar-refractivity contribution is 7.47. The van der Waals surface area contributed by atoms with Crippen molar-refractivity contribution in [2.45, 2.75) is 74.6 Å². The molecule has 3 aliphatic rings. The number of nitrogens with one attached hydrogen (secondary N) is 1. The fourth-order valence-electron chi connectivity index (χ4n) is 6.11. The minimum atomic E-state index is -4.94. The lowest BCUT2D eigenvalue weighted by Gasteiger charge is -2.24. The van der Waals surface area contributed by atoms with E-state index < -0.39 is 96.4 Å². The van der Waals surface area contributed by atoms with Crippen LogP contribution in [0.15, 0.2) is 23.8 Å². The maximum absolute atomic E-state index is 13.0. The smallest absolute Gasteiger partial charge is 0.394 e. The number of H-pyrrole nitrogens is 1. The second-order valence-electron chi connectivity index (χ2n) is 12.0. The van der Waals surface area contributed by atoms with Crippen LogP contribution in [0.2, 0.25) is 0 Å². The number of aromatic amines is 1. The number of hydrogen-bond donors (Lipinski definition) is 8. The fraction of sp³-hybridized carbons (Fsp3) is 0.600. The van der Waals surface area contributed by atoms with Crippen LogP contribution in [0.1, 0.15) is 31.7 Å². The number of anilines is 2. The highest BCUT2D eigenvalue weighted by Crippen LogP contribution is 2.51. The number of fused-ring (bicyclic) bond motifs is 2. The Morgan fingerprint density at radius 1 is 0.827 bits per heavy atom. The molecule has 0 aromatic carbocycles. The van der Waals surface area contributed by atoms with Crippen LogP contribution >= 0.6 is 15.6 Å². The van der Waals surface area contributed by atoms with Crippen LogP contribution in [-0.2, 0) is 41.4 Å². The third kappa shape index (κ3) is 7.60. The molecule has 4 aromatic heterocycles. The average molecular weight is 777 g/mol. The summed E-state index contributed by atoms with van der Waals surface area (Å²) in [4.78, 5) is 55.7. The number of imidazole rings is 2. The van der Waals surface area contributed by atoms with Gasteiger partial charge in [-0.3, -0.25) is 37.0 Å². The number of nitrogens with zero attached hydrogens (tertiary/aromatic N) is 7. The number of nitrogens with two attached hydrogens (primary N) is 2. The van der Waals surface area contributed by atoms with Crippen LogP contribution in [0.25, 0.3) is 22.3 Å². The number of aliphatic hydroxyl groups is 3. The summed E-state index contributed by atoms with van der Waals surface area (Å²) in [5.41, 5.74) is 11.6. The van der Waals surface area contributed by atoms with Gasteiger partial charge in [-0.2, -0.15) is 4.98 Å². The van der Waals surface area contributed by atoms with Crippen molar-refractivity contribution in [3.05, 3.63) is 29.3 Å². The molecule has 27 heteroatoms. The van der Waals surface area contributed by atoms with Gasteiger partial charge in [0, 0.05) is 19.3 Å². The largest absolute Gasteiger partial charge is 0.472 e. The predicted molar refractivity (Wildman–Crippen MR) is 169 cm³/mol. The number of rotatable bonds is 13. The fourth-order valence-corrected chi connectivity index (χ4v) is 8.03. The average Bonchev–Trinajstić information content (AvgIpc) is 3.90. The van der Waals surface area contributed by atoms with E-state index in [9.17, 15) is 39.0 Å². The van der Waals surface area contributed by atoms with Gasteiger partial charge >= 0.3 is 15.6 Å². The Morgan fingerprint density at radius 3 is 2.15 bits per heavy atom. The summed E-state index contributed by atoms with van der Waals surface area (Å²) >= 11 is 0. The van der Waals surface area contributed by atoms with Crippen LogP contribution < -0.4 is 17.0 Å². The molecular weight excluding hydrogens is 742 g/mol. The van der Waals surface area contributed by atoms with Crippen LogP contribution in [0.3, 0.4) is 0 Å². The second kappa shape index (κ2) is 14.4. The van der Waals surface area contributed by atoms with Gasteiger partial charge in [-0.05, 0) is 0 Å². The molecule has 52 heavy (non-hydrogen) atoms. The Labute approximate surface area is 290 Å². The Kier molecular flexibility index (Phi) is 10.2. The highest BCUT2D eigenvalue weighted by atomic mass is 31.2. The van der Waals surface area contributed by atoms with Crippen molar-refractivity contribution in [3.63, 3.8) is 0 Å². The summed E-state index contributed by atoms with van der Waals surface area (Å²) in [5.74, 6) is -0.0297. The molecule has 0 bridgehead atoms. The van der Waals surface area contributed by atoms with E-state index in [1.54, 1.807) is 0 Å². The van der Waals surface area contributed by atoms with E-state index >= 15 is 0 Å². The van der Waals surface area contributed by atoms with Crippen molar-refractivity contribution in [2.75, 3.05) is 31.3 Å². The van der Waals surface area contributed by atoms with Crippen LogP contribution in [0.4, 0.5) is 11.8 Å². The van der Waals surface area contributed by atoms with E-state index in [1.165, 1.54) is 28.1 Å². The third-order valence-corrected chi connectivity index (χ3v) is 10.6. The first-order chi connectivity index (χ1) is 24.7. The van der Waals surface area contributed by atoms with Gasteiger partial charge in [-0.1, -0.05) is 0 Å². The second-order valence-corrected chi connectivity index (χ2v) is 14.8. The van der Waals surface area contributed by atoms with Gasteiger partial charge < -0.3 is 50.8 Å². The molecule has 25 nitrogen and oxygen atoms in total. The topological polar surface area (TPSA) is 359 Å². The Balaban J connectivity index is 0.927. The Hall–Kier alpha value is -3.52. The minimum absolute atomic E-state index is 0.0352.